The van der Waals surface area contributed by atoms with Crippen molar-refractivity contribution in [3.05, 3.63) is 34.1 Å². The lowest BCUT2D eigenvalue weighted by atomic mass is 10.1. The van der Waals surface area contributed by atoms with Gasteiger partial charge < -0.3 is 15.0 Å². The number of alkyl carbamates (subject to hydrolysis) is 1. The summed E-state index contributed by atoms with van der Waals surface area (Å²) in [7, 11) is 0. The molecule has 0 aliphatic carbocycles. The summed E-state index contributed by atoms with van der Waals surface area (Å²) < 4.78 is 19.4. The van der Waals surface area contributed by atoms with Gasteiger partial charge in [0.05, 0.1) is 22.7 Å². The largest absolute Gasteiger partial charge is 0.444 e. The molecule has 0 radical (unpaired) electrons. The number of nitrogens with one attached hydrogen (secondary N) is 1. The Balaban J connectivity index is 2.05. The summed E-state index contributed by atoms with van der Waals surface area (Å²) in [6.07, 6.45) is -0.509. The maximum atomic E-state index is 14.1. The fourth-order valence-corrected chi connectivity index (χ4v) is 2.68. The van der Waals surface area contributed by atoms with Crippen molar-refractivity contribution < 1.29 is 18.8 Å². The molecule has 1 aromatic carbocycles. The van der Waals surface area contributed by atoms with Crippen LogP contribution in [0.3, 0.4) is 0 Å². The van der Waals surface area contributed by atoms with Crippen LogP contribution in [0.2, 0.25) is 0 Å². The molecule has 132 valence electrons. The van der Waals surface area contributed by atoms with Gasteiger partial charge >= 0.3 is 6.09 Å². The predicted octanol–water partition coefficient (Wildman–Crippen LogP) is 3.08. The Labute approximate surface area is 139 Å². The molecule has 24 heavy (non-hydrogen) atoms. The average Bonchev–Trinajstić information content (AvgIpc) is 2.77. The Bertz CT molecular complexity index is 645. The summed E-state index contributed by atoms with van der Waals surface area (Å²) in [6, 6.07) is 3.40. The van der Waals surface area contributed by atoms with Crippen molar-refractivity contribution in [2.75, 3.05) is 18.0 Å². The number of nitro benzene ring substituents is 1. The van der Waals surface area contributed by atoms with Gasteiger partial charge in [-0.15, -0.1) is 0 Å². The first-order chi connectivity index (χ1) is 11.1. The summed E-state index contributed by atoms with van der Waals surface area (Å²) in [6.45, 7) is 8.24. The molecule has 2 rings (SSSR count). The minimum absolute atomic E-state index is 0.0899. The third-order valence-electron chi connectivity index (χ3n) is 3.80. The number of anilines is 1. The second kappa shape index (κ2) is 6.62. The molecule has 7 nitrogen and oxygen atoms in total. The van der Waals surface area contributed by atoms with Gasteiger partial charge in [-0.3, -0.25) is 10.1 Å². The van der Waals surface area contributed by atoms with E-state index in [0.717, 1.165) is 6.07 Å². The van der Waals surface area contributed by atoms with E-state index in [0.29, 0.717) is 18.8 Å². The first-order valence-corrected chi connectivity index (χ1v) is 7.75. The van der Waals surface area contributed by atoms with Crippen molar-refractivity contribution in [3.63, 3.8) is 0 Å². The number of amides is 1. The molecule has 1 fully saturated rings. The summed E-state index contributed by atoms with van der Waals surface area (Å²) in [4.78, 5) is 23.7. The molecule has 0 unspecified atom stereocenters. The molecule has 1 aliphatic rings. The highest BCUT2D eigenvalue weighted by atomic mass is 19.1. The Hall–Kier alpha value is -2.38. The quantitative estimate of drug-likeness (QED) is 0.676. The lowest BCUT2D eigenvalue weighted by Crippen LogP contribution is -2.42. The van der Waals surface area contributed by atoms with Crippen molar-refractivity contribution in [2.24, 2.45) is 5.92 Å². The van der Waals surface area contributed by atoms with Crippen molar-refractivity contribution >= 4 is 17.5 Å². The smallest absolute Gasteiger partial charge is 0.407 e. The van der Waals surface area contributed by atoms with Gasteiger partial charge in [0.1, 0.15) is 5.60 Å². The predicted molar refractivity (Wildman–Crippen MR) is 87.6 cm³/mol. The highest BCUT2D eigenvalue weighted by molar-refractivity contribution is 5.68. The maximum Gasteiger partial charge on any atom is 0.407 e. The van der Waals surface area contributed by atoms with Crippen LogP contribution >= 0.6 is 0 Å². The van der Waals surface area contributed by atoms with Crippen LogP contribution in [0.15, 0.2) is 18.2 Å². The Morgan fingerprint density at radius 1 is 1.42 bits per heavy atom. The zero-order chi connectivity index (χ0) is 18.1. The topological polar surface area (TPSA) is 84.7 Å². The third-order valence-corrected chi connectivity index (χ3v) is 3.80. The van der Waals surface area contributed by atoms with Crippen LogP contribution in [0.4, 0.5) is 20.6 Å². The Kier molecular flexibility index (Phi) is 4.96. The lowest BCUT2D eigenvalue weighted by Gasteiger charge is -2.23. The van der Waals surface area contributed by atoms with Crippen LogP contribution in [0, 0.1) is 21.8 Å². The zero-order valence-corrected chi connectivity index (χ0v) is 14.2. The van der Waals surface area contributed by atoms with E-state index in [9.17, 15) is 19.3 Å². The number of benzene rings is 1. The first kappa shape index (κ1) is 18.0. The van der Waals surface area contributed by atoms with E-state index in [1.807, 2.05) is 6.92 Å². The summed E-state index contributed by atoms with van der Waals surface area (Å²) >= 11 is 0. The molecule has 1 heterocycles. The first-order valence-electron chi connectivity index (χ1n) is 7.75. The number of halogens is 1. The molecule has 0 bridgehead atoms. The van der Waals surface area contributed by atoms with Crippen LogP contribution in [0.5, 0.6) is 0 Å². The molecular weight excluding hydrogens is 317 g/mol. The van der Waals surface area contributed by atoms with E-state index in [1.54, 1.807) is 25.7 Å². The third kappa shape index (κ3) is 4.33. The van der Waals surface area contributed by atoms with Gasteiger partial charge in [-0.25, -0.2) is 9.18 Å². The van der Waals surface area contributed by atoms with Crippen LogP contribution in [-0.4, -0.2) is 35.7 Å². The van der Waals surface area contributed by atoms with Gasteiger partial charge in [0.25, 0.3) is 5.69 Å². The molecule has 2 atom stereocenters. The van der Waals surface area contributed by atoms with E-state index in [-0.39, 0.29) is 17.6 Å². The van der Waals surface area contributed by atoms with E-state index in [1.165, 1.54) is 12.1 Å². The SMILES string of the molecule is C[C@@H]1CN(c2ccc([N+](=O)[O-])cc2F)C[C@@H]1NC(=O)OC(C)(C)C. The molecular formula is C16H22FN3O4. The van der Waals surface area contributed by atoms with Crippen LogP contribution in [-0.2, 0) is 4.74 Å². The molecule has 0 saturated carbocycles. The molecule has 8 heteroatoms. The van der Waals surface area contributed by atoms with Gasteiger partial charge in [-0.1, -0.05) is 6.92 Å². The summed E-state index contributed by atoms with van der Waals surface area (Å²) in [5, 5.41) is 13.5. The standard InChI is InChI=1S/C16H22FN3O4/c1-10-8-19(9-13(10)18-15(21)24-16(2,3)4)14-6-5-11(20(22)23)7-12(14)17/h5-7,10,13H,8-9H2,1-4H3,(H,18,21)/t10-,13+/m1/s1. The minimum atomic E-state index is -0.644. The summed E-state index contributed by atoms with van der Waals surface area (Å²) in [5.74, 6) is -0.554. The van der Waals surface area contributed by atoms with Crippen molar-refractivity contribution in [1.29, 1.82) is 0 Å². The number of ether oxygens (including phenoxy) is 1. The number of rotatable bonds is 3. The number of hydrogen-bond donors (Lipinski definition) is 1. The number of nitro groups is 1. The molecule has 0 aromatic heterocycles. The maximum absolute atomic E-state index is 14.1. The molecule has 1 saturated heterocycles. The number of carbonyl (C=O) groups is 1. The van der Waals surface area contributed by atoms with E-state index in [2.05, 4.69) is 5.32 Å². The van der Waals surface area contributed by atoms with Crippen LogP contribution in [0.1, 0.15) is 27.7 Å². The highest BCUT2D eigenvalue weighted by Gasteiger charge is 2.33. The normalized spacial score (nSPS) is 20.8. The molecule has 1 N–H and O–H groups in total. The number of nitrogens with zero attached hydrogens (tertiary/aromatic N) is 2. The fraction of sp³-hybridized carbons (Fsp3) is 0.562. The summed E-state index contributed by atoms with van der Waals surface area (Å²) in [5.41, 5.74) is -0.580. The van der Waals surface area contributed by atoms with Gasteiger partial charge in [0.2, 0.25) is 0 Å². The molecule has 1 amide bonds. The monoisotopic (exact) mass is 339 g/mol. The van der Waals surface area contributed by atoms with E-state index < -0.39 is 22.4 Å². The highest BCUT2D eigenvalue weighted by Crippen LogP contribution is 2.29. The van der Waals surface area contributed by atoms with Gasteiger partial charge in [0.15, 0.2) is 5.82 Å². The van der Waals surface area contributed by atoms with Gasteiger partial charge in [0, 0.05) is 19.2 Å². The number of non-ortho nitro benzene ring substituents is 1. The molecule has 1 aliphatic heterocycles. The fourth-order valence-electron chi connectivity index (χ4n) is 2.68. The van der Waals surface area contributed by atoms with Crippen molar-refractivity contribution in [3.8, 4) is 0 Å². The van der Waals surface area contributed by atoms with Crippen LogP contribution < -0.4 is 10.2 Å². The average molecular weight is 339 g/mol. The number of carbonyl (C=O) groups excluding carboxylic acids is 1. The van der Waals surface area contributed by atoms with E-state index >= 15 is 0 Å². The Morgan fingerprint density at radius 3 is 2.62 bits per heavy atom. The van der Waals surface area contributed by atoms with Crippen molar-refractivity contribution in [2.45, 2.75) is 39.3 Å². The van der Waals surface area contributed by atoms with Gasteiger partial charge in [-0.2, -0.15) is 0 Å². The van der Waals surface area contributed by atoms with Crippen LogP contribution in [0.25, 0.3) is 0 Å². The lowest BCUT2D eigenvalue weighted by molar-refractivity contribution is -0.385. The number of hydrogen-bond acceptors (Lipinski definition) is 5. The second-order valence-electron chi connectivity index (χ2n) is 7.03. The molecule has 0 spiro atoms. The Morgan fingerprint density at radius 2 is 2.08 bits per heavy atom. The van der Waals surface area contributed by atoms with Gasteiger partial charge in [-0.05, 0) is 32.8 Å². The van der Waals surface area contributed by atoms with Crippen molar-refractivity contribution in [1.82, 2.24) is 5.32 Å². The minimum Gasteiger partial charge on any atom is -0.444 e. The zero-order valence-electron chi connectivity index (χ0n) is 14.2. The second-order valence-corrected chi connectivity index (χ2v) is 7.03. The van der Waals surface area contributed by atoms with E-state index in [4.69, 9.17) is 4.74 Å². The molecule has 1 aromatic rings.